The zero-order valence-corrected chi connectivity index (χ0v) is 15.2. The van der Waals surface area contributed by atoms with Crippen molar-refractivity contribution in [2.24, 2.45) is 0 Å². The van der Waals surface area contributed by atoms with E-state index in [2.05, 4.69) is 30.0 Å². The van der Waals surface area contributed by atoms with Crippen LogP contribution < -0.4 is 0 Å². The molecule has 2 aromatic rings. The normalized spacial score (nSPS) is 16.9. The lowest BCUT2D eigenvalue weighted by Gasteiger charge is -2.34. The van der Waals surface area contributed by atoms with Crippen molar-refractivity contribution in [3.8, 4) is 0 Å². The zero-order chi connectivity index (χ0) is 17.9. The van der Waals surface area contributed by atoms with Gasteiger partial charge in [-0.3, -0.25) is 4.90 Å². The fourth-order valence-electron chi connectivity index (χ4n) is 3.16. The summed E-state index contributed by atoms with van der Waals surface area (Å²) in [5.41, 5.74) is 2.96. The fourth-order valence-corrected chi connectivity index (χ4v) is 4.67. The van der Waals surface area contributed by atoms with E-state index in [1.54, 1.807) is 12.1 Å². The van der Waals surface area contributed by atoms with Gasteiger partial charge in [-0.1, -0.05) is 42.0 Å². The summed E-state index contributed by atoms with van der Waals surface area (Å²) in [6.45, 7) is 5.26. The molecule has 0 aromatic heterocycles. The quantitative estimate of drug-likeness (QED) is 0.821. The van der Waals surface area contributed by atoms with Crippen molar-refractivity contribution >= 4 is 10.0 Å². The molecule has 25 heavy (non-hydrogen) atoms. The number of hydrogen-bond acceptors (Lipinski definition) is 3. The highest BCUT2D eigenvalue weighted by Crippen LogP contribution is 2.16. The summed E-state index contributed by atoms with van der Waals surface area (Å²) in [6, 6.07) is 14.2. The van der Waals surface area contributed by atoms with Crippen LogP contribution in [0.25, 0.3) is 0 Å². The number of aryl methyl sites for hydroxylation is 1. The molecule has 0 amide bonds. The van der Waals surface area contributed by atoms with Crippen LogP contribution >= 0.6 is 0 Å². The topological polar surface area (TPSA) is 40.6 Å². The highest BCUT2D eigenvalue weighted by atomic mass is 32.2. The Hall–Kier alpha value is -1.76. The number of sulfonamides is 1. The highest BCUT2D eigenvalue weighted by molar-refractivity contribution is 7.88. The van der Waals surface area contributed by atoms with Gasteiger partial charge in [0.2, 0.25) is 10.0 Å². The molecular formula is C19H23FN2O2S. The van der Waals surface area contributed by atoms with Gasteiger partial charge in [0.15, 0.2) is 0 Å². The summed E-state index contributed by atoms with van der Waals surface area (Å²) in [5, 5.41) is 0. The number of halogens is 1. The Morgan fingerprint density at radius 2 is 1.64 bits per heavy atom. The minimum Gasteiger partial charge on any atom is -0.296 e. The molecule has 0 bridgehead atoms. The Labute approximate surface area is 148 Å². The summed E-state index contributed by atoms with van der Waals surface area (Å²) in [4.78, 5) is 2.27. The minimum atomic E-state index is -3.42. The molecule has 0 N–H and O–H groups in total. The van der Waals surface area contributed by atoms with Crippen molar-refractivity contribution in [1.82, 2.24) is 9.21 Å². The average molecular weight is 362 g/mol. The highest BCUT2D eigenvalue weighted by Gasteiger charge is 2.27. The maximum absolute atomic E-state index is 13.3. The maximum Gasteiger partial charge on any atom is 0.218 e. The SMILES string of the molecule is Cc1cccc(CN2CCN(S(=O)(=O)Cc3cccc(F)c3)CC2)c1. The van der Waals surface area contributed by atoms with Gasteiger partial charge in [-0.15, -0.1) is 0 Å². The average Bonchev–Trinajstić information content (AvgIpc) is 2.55. The van der Waals surface area contributed by atoms with Gasteiger partial charge >= 0.3 is 0 Å². The van der Waals surface area contributed by atoms with Gasteiger partial charge in [0, 0.05) is 32.7 Å². The van der Waals surface area contributed by atoms with Gasteiger partial charge in [0.05, 0.1) is 5.75 Å². The molecule has 1 fully saturated rings. The fraction of sp³-hybridized carbons (Fsp3) is 0.368. The molecule has 2 aromatic carbocycles. The lowest BCUT2D eigenvalue weighted by atomic mass is 10.1. The first-order chi connectivity index (χ1) is 11.9. The molecule has 0 aliphatic carbocycles. The Bertz CT molecular complexity index is 831. The van der Waals surface area contributed by atoms with Crippen molar-refractivity contribution in [2.45, 2.75) is 19.2 Å². The third-order valence-corrected chi connectivity index (χ3v) is 6.30. The van der Waals surface area contributed by atoms with Crippen LogP contribution in [0.15, 0.2) is 48.5 Å². The standard InChI is InChI=1S/C19H23FN2O2S/c1-16-4-2-5-17(12-16)14-21-8-10-22(11-9-21)25(23,24)15-18-6-3-7-19(20)13-18/h2-7,12-13H,8-11,14-15H2,1H3. The van der Waals surface area contributed by atoms with Crippen molar-refractivity contribution in [2.75, 3.05) is 26.2 Å². The van der Waals surface area contributed by atoms with Gasteiger partial charge in [0.1, 0.15) is 5.82 Å². The summed E-state index contributed by atoms with van der Waals surface area (Å²) < 4.78 is 39.9. The third-order valence-electron chi connectivity index (χ3n) is 4.45. The van der Waals surface area contributed by atoms with E-state index in [9.17, 15) is 12.8 Å². The van der Waals surface area contributed by atoms with Crippen molar-refractivity contribution in [1.29, 1.82) is 0 Å². The smallest absolute Gasteiger partial charge is 0.218 e. The maximum atomic E-state index is 13.3. The number of benzene rings is 2. The molecule has 1 aliphatic heterocycles. The van der Waals surface area contributed by atoms with Crippen LogP contribution in [-0.4, -0.2) is 43.8 Å². The molecule has 6 heteroatoms. The number of nitrogens with zero attached hydrogens (tertiary/aromatic N) is 2. The molecule has 0 spiro atoms. The second-order valence-electron chi connectivity index (χ2n) is 6.55. The molecule has 4 nitrogen and oxygen atoms in total. The lowest BCUT2D eigenvalue weighted by Crippen LogP contribution is -2.48. The molecule has 1 heterocycles. The molecular weight excluding hydrogens is 339 g/mol. The van der Waals surface area contributed by atoms with Crippen LogP contribution in [0.4, 0.5) is 4.39 Å². The second kappa shape index (κ2) is 7.64. The molecule has 0 unspecified atom stereocenters. The number of piperazine rings is 1. The Morgan fingerprint density at radius 3 is 2.32 bits per heavy atom. The van der Waals surface area contributed by atoms with E-state index in [1.807, 2.05) is 6.07 Å². The molecule has 0 saturated carbocycles. The van der Waals surface area contributed by atoms with E-state index in [1.165, 1.54) is 27.6 Å². The number of rotatable bonds is 5. The Kier molecular flexibility index (Phi) is 5.51. The first-order valence-electron chi connectivity index (χ1n) is 8.42. The van der Waals surface area contributed by atoms with Crippen molar-refractivity contribution in [3.05, 3.63) is 71.0 Å². The van der Waals surface area contributed by atoms with Crippen molar-refractivity contribution in [3.63, 3.8) is 0 Å². The molecule has 3 rings (SSSR count). The van der Waals surface area contributed by atoms with Gasteiger partial charge in [-0.25, -0.2) is 12.8 Å². The first-order valence-corrected chi connectivity index (χ1v) is 10.0. The summed E-state index contributed by atoms with van der Waals surface area (Å²) in [5.74, 6) is -0.557. The zero-order valence-electron chi connectivity index (χ0n) is 14.4. The van der Waals surface area contributed by atoms with E-state index < -0.39 is 15.8 Å². The first kappa shape index (κ1) is 18.0. The summed E-state index contributed by atoms with van der Waals surface area (Å²) in [7, 11) is -3.42. The minimum absolute atomic E-state index is 0.150. The Balaban J connectivity index is 1.57. The number of hydrogen-bond donors (Lipinski definition) is 0. The second-order valence-corrected chi connectivity index (χ2v) is 8.52. The van der Waals surface area contributed by atoms with Gasteiger partial charge < -0.3 is 0 Å². The molecule has 0 atom stereocenters. The van der Waals surface area contributed by atoms with Crippen molar-refractivity contribution < 1.29 is 12.8 Å². The van der Waals surface area contributed by atoms with E-state index >= 15 is 0 Å². The largest absolute Gasteiger partial charge is 0.296 e. The molecule has 1 saturated heterocycles. The van der Waals surface area contributed by atoms with Crippen LogP contribution in [0.3, 0.4) is 0 Å². The lowest BCUT2D eigenvalue weighted by molar-refractivity contribution is 0.181. The molecule has 1 aliphatic rings. The van der Waals surface area contributed by atoms with E-state index in [0.717, 1.165) is 6.54 Å². The predicted molar refractivity (Wildman–Crippen MR) is 97.1 cm³/mol. The van der Waals surface area contributed by atoms with Crippen LogP contribution in [0.5, 0.6) is 0 Å². The van der Waals surface area contributed by atoms with Gasteiger partial charge in [-0.05, 0) is 30.2 Å². The predicted octanol–water partition coefficient (Wildman–Crippen LogP) is 2.78. The summed E-state index contributed by atoms with van der Waals surface area (Å²) in [6.07, 6.45) is 0. The van der Waals surface area contributed by atoms with Crippen LogP contribution in [0.1, 0.15) is 16.7 Å². The van der Waals surface area contributed by atoms with E-state index in [-0.39, 0.29) is 5.75 Å². The summed E-state index contributed by atoms with van der Waals surface area (Å²) >= 11 is 0. The third kappa shape index (κ3) is 4.87. The van der Waals surface area contributed by atoms with Crippen LogP contribution in [0.2, 0.25) is 0 Å². The monoisotopic (exact) mass is 362 g/mol. The molecule has 134 valence electrons. The van der Waals surface area contributed by atoms with E-state index in [4.69, 9.17) is 0 Å². The van der Waals surface area contributed by atoms with Crippen LogP contribution in [-0.2, 0) is 22.3 Å². The van der Waals surface area contributed by atoms with E-state index in [0.29, 0.717) is 31.7 Å². The van der Waals surface area contributed by atoms with Crippen LogP contribution in [0, 0.1) is 12.7 Å². The Morgan fingerprint density at radius 1 is 0.960 bits per heavy atom. The van der Waals surface area contributed by atoms with Gasteiger partial charge in [-0.2, -0.15) is 4.31 Å². The van der Waals surface area contributed by atoms with Gasteiger partial charge in [0.25, 0.3) is 0 Å². The molecule has 0 radical (unpaired) electrons.